The Labute approximate surface area is 135 Å². The van der Waals surface area contributed by atoms with Crippen molar-refractivity contribution in [3.8, 4) is 0 Å². The van der Waals surface area contributed by atoms with E-state index in [-0.39, 0.29) is 11.9 Å². The molecule has 2 heterocycles. The molecule has 0 saturated heterocycles. The first-order valence-corrected chi connectivity index (χ1v) is 8.34. The maximum atomic E-state index is 12.2. The molecule has 21 heavy (non-hydrogen) atoms. The molecule has 2 aromatic heterocycles. The number of carbonyl (C=O) groups excluding carboxylic acids is 2. The fourth-order valence-corrected chi connectivity index (χ4v) is 3.83. The third kappa shape index (κ3) is 3.45. The molecule has 0 atom stereocenters. The summed E-state index contributed by atoms with van der Waals surface area (Å²) in [6.07, 6.45) is 0. The maximum Gasteiger partial charge on any atom is 0.348 e. The second-order valence-corrected chi connectivity index (χ2v) is 6.67. The summed E-state index contributed by atoms with van der Waals surface area (Å²) in [6.45, 7) is 5.73. The lowest BCUT2D eigenvalue weighted by molar-refractivity contribution is 0.0531. The normalized spacial score (nSPS) is 10.5. The number of halogens is 1. The van der Waals surface area contributed by atoms with Gasteiger partial charge in [-0.3, -0.25) is 4.79 Å². The number of carbonyl (C=O) groups is 2. The summed E-state index contributed by atoms with van der Waals surface area (Å²) in [6, 6.07) is 1.75. The molecule has 112 valence electrons. The molecule has 4 nitrogen and oxygen atoms in total. The second-order valence-electron chi connectivity index (χ2n) is 4.36. The van der Waals surface area contributed by atoms with Crippen molar-refractivity contribution in [3.05, 3.63) is 37.4 Å². The average Bonchev–Trinajstić information content (AvgIpc) is 2.94. The third-order valence-electron chi connectivity index (χ3n) is 2.72. The van der Waals surface area contributed by atoms with E-state index in [1.165, 1.54) is 22.7 Å². The Bertz CT molecular complexity index is 690. The number of rotatable bonds is 4. The van der Waals surface area contributed by atoms with Gasteiger partial charge in [-0.2, -0.15) is 0 Å². The molecule has 0 saturated carbocycles. The van der Waals surface area contributed by atoms with Crippen LogP contribution in [0.1, 0.15) is 37.4 Å². The molecule has 2 rings (SSSR count). The van der Waals surface area contributed by atoms with Crippen molar-refractivity contribution in [3.63, 3.8) is 0 Å². The van der Waals surface area contributed by atoms with E-state index in [2.05, 4.69) is 5.32 Å². The van der Waals surface area contributed by atoms with Crippen LogP contribution in [0.5, 0.6) is 0 Å². The molecule has 0 aliphatic rings. The van der Waals surface area contributed by atoms with Crippen molar-refractivity contribution in [2.75, 3.05) is 11.9 Å². The molecule has 0 aliphatic heterocycles. The van der Waals surface area contributed by atoms with Gasteiger partial charge in [0.1, 0.15) is 9.75 Å². The zero-order valence-corrected chi connectivity index (χ0v) is 14.2. The van der Waals surface area contributed by atoms with E-state index in [1.807, 2.05) is 12.3 Å². The summed E-state index contributed by atoms with van der Waals surface area (Å²) in [4.78, 5) is 24.9. The Balaban J connectivity index is 2.17. The van der Waals surface area contributed by atoms with Crippen molar-refractivity contribution in [1.29, 1.82) is 0 Å². The van der Waals surface area contributed by atoms with Gasteiger partial charge in [-0.15, -0.1) is 22.7 Å². The highest BCUT2D eigenvalue weighted by atomic mass is 35.5. The van der Waals surface area contributed by atoms with E-state index in [4.69, 9.17) is 16.3 Å². The van der Waals surface area contributed by atoms with Gasteiger partial charge in [-0.25, -0.2) is 4.79 Å². The summed E-state index contributed by atoms with van der Waals surface area (Å²) in [7, 11) is 0. The van der Waals surface area contributed by atoms with E-state index in [1.54, 1.807) is 19.9 Å². The van der Waals surface area contributed by atoms with Gasteiger partial charge >= 0.3 is 5.97 Å². The fraction of sp³-hybridized carbons (Fsp3) is 0.286. The van der Waals surface area contributed by atoms with Crippen LogP contribution in [-0.2, 0) is 4.74 Å². The lowest BCUT2D eigenvalue weighted by Gasteiger charge is -2.01. The fourth-order valence-electron chi connectivity index (χ4n) is 1.69. The topological polar surface area (TPSA) is 55.4 Å². The van der Waals surface area contributed by atoms with Crippen LogP contribution in [0.3, 0.4) is 0 Å². The van der Waals surface area contributed by atoms with Gasteiger partial charge in [0.05, 0.1) is 16.6 Å². The van der Waals surface area contributed by atoms with Crippen LogP contribution >= 0.6 is 34.3 Å². The van der Waals surface area contributed by atoms with Crippen molar-refractivity contribution in [2.45, 2.75) is 20.8 Å². The minimum atomic E-state index is -0.370. The number of nitrogens with one attached hydrogen (secondary N) is 1. The van der Waals surface area contributed by atoms with Crippen LogP contribution in [0.2, 0.25) is 5.02 Å². The molecule has 0 aliphatic carbocycles. The van der Waals surface area contributed by atoms with Crippen molar-refractivity contribution >= 4 is 51.2 Å². The smallest absolute Gasteiger partial charge is 0.348 e. The molecule has 0 spiro atoms. The SMILES string of the molecule is CCOC(=O)c1sc(NC(=O)c2scc(C)c2Cl)cc1C. The van der Waals surface area contributed by atoms with E-state index in [9.17, 15) is 9.59 Å². The highest BCUT2D eigenvalue weighted by Gasteiger charge is 2.18. The number of thiophene rings is 2. The lowest BCUT2D eigenvalue weighted by atomic mass is 10.3. The van der Waals surface area contributed by atoms with Gasteiger partial charge in [-0.05, 0) is 43.3 Å². The molecule has 0 aromatic carbocycles. The van der Waals surface area contributed by atoms with Crippen LogP contribution in [0.4, 0.5) is 5.00 Å². The van der Waals surface area contributed by atoms with Gasteiger partial charge in [0.2, 0.25) is 0 Å². The van der Waals surface area contributed by atoms with Gasteiger partial charge in [0.25, 0.3) is 5.91 Å². The largest absolute Gasteiger partial charge is 0.462 e. The Morgan fingerprint density at radius 2 is 2.00 bits per heavy atom. The number of amides is 1. The molecule has 0 bridgehead atoms. The van der Waals surface area contributed by atoms with Crippen molar-refractivity contribution in [2.24, 2.45) is 0 Å². The molecule has 2 aromatic rings. The molecule has 7 heteroatoms. The van der Waals surface area contributed by atoms with Crippen molar-refractivity contribution in [1.82, 2.24) is 0 Å². The van der Waals surface area contributed by atoms with Gasteiger partial charge in [0.15, 0.2) is 0 Å². The third-order valence-corrected chi connectivity index (χ3v) is 5.55. The first kappa shape index (κ1) is 16.0. The lowest BCUT2D eigenvalue weighted by Crippen LogP contribution is -2.09. The highest BCUT2D eigenvalue weighted by molar-refractivity contribution is 7.18. The molecule has 0 unspecified atom stereocenters. The predicted molar refractivity (Wildman–Crippen MR) is 87.0 cm³/mol. The first-order valence-electron chi connectivity index (χ1n) is 6.26. The minimum absolute atomic E-state index is 0.269. The van der Waals surface area contributed by atoms with Crippen LogP contribution in [0.25, 0.3) is 0 Å². The number of esters is 1. The van der Waals surface area contributed by atoms with E-state index in [0.717, 1.165) is 11.1 Å². The zero-order chi connectivity index (χ0) is 15.6. The minimum Gasteiger partial charge on any atom is -0.462 e. The number of hydrogen-bond acceptors (Lipinski definition) is 5. The number of ether oxygens (including phenoxy) is 1. The standard InChI is InChI=1S/C14H14ClNO3S2/c1-4-19-14(18)11-7(2)5-9(21-11)16-13(17)12-10(15)8(3)6-20-12/h5-6H,4H2,1-3H3,(H,16,17). The Morgan fingerprint density at radius 1 is 1.29 bits per heavy atom. The molecule has 0 fully saturated rings. The predicted octanol–water partition coefficient (Wildman–Crippen LogP) is 4.51. The zero-order valence-electron chi connectivity index (χ0n) is 11.8. The Morgan fingerprint density at radius 3 is 2.57 bits per heavy atom. The van der Waals surface area contributed by atoms with Crippen LogP contribution in [0, 0.1) is 13.8 Å². The molecule has 0 radical (unpaired) electrons. The van der Waals surface area contributed by atoms with E-state index in [0.29, 0.717) is 26.4 Å². The summed E-state index contributed by atoms with van der Waals surface area (Å²) in [5, 5.41) is 5.67. The first-order chi connectivity index (χ1) is 9.93. The Hall–Kier alpha value is -1.37. The maximum absolute atomic E-state index is 12.2. The van der Waals surface area contributed by atoms with Gasteiger partial charge < -0.3 is 10.1 Å². The number of anilines is 1. The van der Waals surface area contributed by atoms with Crippen molar-refractivity contribution < 1.29 is 14.3 Å². The van der Waals surface area contributed by atoms with Gasteiger partial charge in [0, 0.05) is 0 Å². The second kappa shape index (κ2) is 6.60. The molecule has 1 amide bonds. The van der Waals surface area contributed by atoms with E-state index >= 15 is 0 Å². The van der Waals surface area contributed by atoms with Crippen LogP contribution < -0.4 is 5.32 Å². The van der Waals surface area contributed by atoms with Gasteiger partial charge in [-0.1, -0.05) is 11.6 Å². The monoisotopic (exact) mass is 343 g/mol. The highest BCUT2D eigenvalue weighted by Crippen LogP contribution is 2.31. The van der Waals surface area contributed by atoms with Crippen LogP contribution in [-0.4, -0.2) is 18.5 Å². The van der Waals surface area contributed by atoms with E-state index < -0.39 is 0 Å². The summed E-state index contributed by atoms with van der Waals surface area (Å²) < 4.78 is 4.97. The quantitative estimate of drug-likeness (QED) is 0.831. The average molecular weight is 344 g/mol. The summed E-state index contributed by atoms with van der Waals surface area (Å²) >= 11 is 8.57. The number of hydrogen-bond donors (Lipinski definition) is 1. The Kier molecular flexibility index (Phi) is 5.03. The molecular formula is C14H14ClNO3S2. The summed E-state index contributed by atoms with van der Waals surface area (Å²) in [5.41, 5.74) is 1.66. The molecule has 1 N–H and O–H groups in total. The summed E-state index contributed by atoms with van der Waals surface area (Å²) in [5.74, 6) is -0.639. The molecular weight excluding hydrogens is 330 g/mol. The van der Waals surface area contributed by atoms with Crippen LogP contribution in [0.15, 0.2) is 11.4 Å². The number of aryl methyl sites for hydroxylation is 2.